The maximum absolute atomic E-state index is 12.5. The molecule has 2 aromatic heterocycles. The van der Waals surface area contributed by atoms with Gasteiger partial charge in [-0.25, -0.2) is 0 Å². The number of amides is 1. The van der Waals surface area contributed by atoms with E-state index < -0.39 is 0 Å². The minimum absolute atomic E-state index is 0.0507. The predicted octanol–water partition coefficient (Wildman–Crippen LogP) is 3.70. The van der Waals surface area contributed by atoms with Gasteiger partial charge in [0.05, 0.1) is 5.69 Å². The lowest BCUT2D eigenvalue weighted by Crippen LogP contribution is -2.25. The van der Waals surface area contributed by atoms with Crippen LogP contribution in [0.25, 0.3) is 5.82 Å². The van der Waals surface area contributed by atoms with Crippen LogP contribution in [-0.2, 0) is 4.79 Å². The van der Waals surface area contributed by atoms with Gasteiger partial charge in [-0.15, -0.1) is 10.2 Å². The molecular weight excluding hydrogens is 388 g/mol. The van der Waals surface area contributed by atoms with E-state index >= 15 is 0 Å². The summed E-state index contributed by atoms with van der Waals surface area (Å²) in [6.07, 6.45) is 2.73. The largest absolute Gasteiger partial charge is 0.355 e. The van der Waals surface area contributed by atoms with Crippen LogP contribution in [0.5, 0.6) is 0 Å². The van der Waals surface area contributed by atoms with Gasteiger partial charge in [0.1, 0.15) is 5.82 Å². The van der Waals surface area contributed by atoms with Gasteiger partial charge in [0, 0.05) is 36.0 Å². The molecule has 8 heteroatoms. The average Bonchev–Trinajstić information content (AvgIpc) is 3.36. The Kier molecular flexibility index (Phi) is 4.47. The third-order valence-corrected chi connectivity index (χ3v) is 5.87. The Morgan fingerprint density at radius 3 is 2.59 bits per heavy atom. The standard InChI is InChI=1S/C21H21ClN6O/c1-13-20-16(14-5-4-6-15(22)11-14)12-19(29)23-21(20)28(26-13)18-8-7-17(24-25-18)27-9-2-3-10-27/h4-8,11,16H,2-3,9-10,12H2,1H3,(H,23,29)/t16-/m1/s1. The van der Waals surface area contributed by atoms with Crippen LogP contribution < -0.4 is 10.2 Å². The molecule has 3 aromatic rings. The van der Waals surface area contributed by atoms with Crippen molar-refractivity contribution in [3.8, 4) is 5.82 Å². The number of aromatic nitrogens is 4. The van der Waals surface area contributed by atoms with Crippen LogP contribution in [0.4, 0.5) is 11.6 Å². The lowest BCUT2D eigenvalue weighted by molar-refractivity contribution is -0.116. The quantitative estimate of drug-likeness (QED) is 0.715. The number of halogens is 1. The smallest absolute Gasteiger partial charge is 0.226 e. The molecule has 1 saturated heterocycles. The van der Waals surface area contributed by atoms with E-state index in [-0.39, 0.29) is 11.8 Å². The van der Waals surface area contributed by atoms with Crippen molar-refractivity contribution in [2.45, 2.75) is 32.1 Å². The van der Waals surface area contributed by atoms with E-state index in [0.29, 0.717) is 23.1 Å². The summed E-state index contributed by atoms with van der Waals surface area (Å²) in [5.41, 5.74) is 2.86. The highest BCUT2D eigenvalue weighted by Crippen LogP contribution is 2.40. The summed E-state index contributed by atoms with van der Waals surface area (Å²) in [5, 5.41) is 17.1. The van der Waals surface area contributed by atoms with Crippen LogP contribution in [0.15, 0.2) is 36.4 Å². The first-order chi connectivity index (χ1) is 14.1. The second-order valence-corrected chi connectivity index (χ2v) is 8.00. The Labute approximate surface area is 173 Å². The number of carbonyl (C=O) groups excluding carboxylic acids is 1. The van der Waals surface area contributed by atoms with Crippen LogP contribution in [0, 0.1) is 6.92 Å². The Balaban J connectivity index is 1.55. The minimum atomic E-state index is -0.0944. The topological polar surface area (TPSA) is 75.9 Å². The molecule has 0 bridgehead atoms. The fraction of sp³-hybridized carbons (Fsp3) is 0.333. The monoisotopic (exact) mass is 408 g/mol. The summed E-state index contributed by atoms with van der Waals surface area (Å²) >= 11 is 6.19. The minimum Gasteiger partial charge on any atom is -0.355 e. The van der Waals surface area contributed by atoms with Crippen molar-refractivity contribution < 1.29 is 4.79 Å². The van der Waals surface area contributed by atoms with Crippen molar-refractivity contribution in [2.24, 2.45) is 0 Å². The highest BCUT2D eigenvalue weighted by Gasteiger charge is 2.33. The number of nitrogens with zero attached hydrogens (tertiary/aromatic N) is 5. The number of hydrogen-bond donors (Lipinski definition) is 1. The Morgan fingerprint density at radius 1 is 1.10 bits per heavy atom. The number of nitrogens with one attached hydrogen (secondary N) is 1. The van der Waals surface area contributed by atoms with Gasteiger partial charge in [-0.2, -0.15) is 9.78 Å². The van der Waals surface area contributed by atoms with E-state index in [1.165, 1.54) is 12.8 Å². The third kappa shape index (κ3) is 3.25. The van der Waals surface area contributed by atoms with Gasteiger partial charge in [0.15, 0.2) is 11.6 Å². The molecule has 0 saturated carbocycles. The summed E-state index contributed by atoms with van der Waals surface area (Å²) in [4.78, 5) is 14.7. The van der Waals surface area contributed by atoms with Crippen molar-refractivity contribution in [3.63, 3.8) is 0 Å². The Hall–Kier alpha value is -2.93. The summed E-state index contributed by atoms with van der Waals surface area (Å²) in [6.45, 7) is 3.99. The molecular formula is C21H21ClN6O. The molecule has 0 spiro atoms. The van der Waals surface area contributed by atoms with Crippen LogP contribution in [0.1, 0.15) is 42.0 Å². The van der Waals surface area contributed by atoms with Gasteiger partial charge in [0.25, 0.3) is 0 Å². The molecule has 2 aliphatic rings. The van der Waals surface area contributed by atoms with Crippen LogP contribution in [-0.4, -0.2) is 39.0 Å². The molecule has 1 N–H and O–H groups in total. The fourth-order valence-electron chi connectivity index (χ4n) is 4.27. The number of anilines is 2. The zero-order chi connectivity index (χ0) is 20.0. The maximum atomic E-state index is 12.5. The number of fused-ring (bicyclic) bond motifs is 1. The van der Waals surface area contributed by atoms with Crippen molar-refractivity contribution in [3.05, 3.63) is 58.2 Å². The van der Waals surface area contributed by atoms with Crippen molar-refractivity contribution in [1.29, 1.82) is 0 Å². The molecule has 148 valence electrons. The van der Waals surface area contributed by atoms with Crippen molar-refractivity contribution in [1.82, 2.24) is 20.0 Å². The number of hydrogen-bond acceptors (Lipinski definition) is 5. The van der Waals surface area contributed by atoms with Gasteiger partial charge >= 0.3 is 0 Å². The van der Waals surface area contributed by atoms with Gasteiger partial charge in [-0.05, 0) is 49.6 Å². The average molecular weight is 409 g/mol. The molecule has 1 atom stereocenters. The molecule has 5 rings (SSSR count). The molecule has 1 aromatic carbocycles. The number of rotatable bonds is 3. The molecule has 4 heterocycles. The fourth-order valence-corrected chi connectivity index (χ4v) is 4.47. The number of aryl methyl sites for hydroxylation is 1. The van der Waals surface area contributed by atoms with E-state index in [1.54, 1.807) is 4.68 Å². The predicted molar refractivity (Wildman–Crippen MR) is 112 cm³/mol. The highest BCUT2D eigenvalue weighted by molar-refractivity contribution is 6.30. The third-order valence-electron chi connectivity index (χ3n) is 5.64. The van der Waals surface area contributed by atoms with Gasteiger partial charge < -0.3 is 10.2 Å². The van der Waals surface area contributed by atoms with Gasteiger partial charge in [-0.3, -0.25) is 4.79 Å². The van der Waals surface area contributed by atoms with E-state index in [9.17, 15) is 4.79 Å². The van der Waals surface area contributed by atoms with Gasteiger partial charge in [-0.1, -0.05) is 23.7 Å². The second kappa shape index (κ2) is 7.15. The summed E-state index contributed by atoms with van der Waals surface area (Å²) in [6, 6.07) is 11.5. The number of benzene rings is 1. The SMILES string of the molecule is Cc1nn(-c2ccc(N3CCCC3)nn2)c2c1[C@@H](c1cccc(Cl)c1)CC(=O)N2. The summed E-state index contributed by atoms with van der Waals surface area (Å²) < 4.78 is 1.68. The number of carbonyl (C=O) groups is 1. The molecule has 0 radical (unpaired) electrons. The highest BCUT2D eigenvalue weighted by atomic mass is 35.5. The summed E-state index contributed by atoms with van der Waals surface area (Å²) in [7, 11) is 0. The normalized spacial score (nSPS) is 18.6. The van der Waals surface area contributed by atoms with Crippen molar-refractivity contribution in [2.75, 3.05) is 23.3 Å². The van der Waals surface area contributed by atoms with Crippen LogP contribution >= 0.6 is 11.6 Å². The van der Waals surface area contributed by atoms with E-state index in [4.69, 9.17) is 11.6 Å². The lowest BCUT2D eigenvalue weighted by Gasteiger charge is -2.24. The van der Waals surface area contributed by atoms with E-state index in [1.807, 2.05) is 43.3 Å². The molecule has 7 nitrogen and oxygen atoms in total. The zero-order valence-corrected chi connectivity index (χ0v) is 16.9. The molecule has 0 aliphatic carbocycles. The molecule has 0 unspecified atom stereocenters. The Morgan fingerprint density at radius 2 is 1.86 bits per heavy atom. The van der Waals surface area contributed by atoms with Crippen LogP contribution in [0.3, 0.4) is 0 Å². The first kappa shape index (κ1) is 18.1. The lowest BCUT2D eigenvalue weighted by atomic mass is 9.86. The Bertz CT molecular complexity index is 1070. The van der Waals surface area contributed by atoms with Crippen LogP contribution in [0.2, 0.25) is 5.02 Å². The summed E-state index contributed by atoms with van der Waals surface area (Å²) in [5.74, 6) is 1.98. The molecule has 2 aliphatic heterocycles. The molecule has 29 heavy (non-hydrogen) atoms. The first-order valence-corrected chi connectivity index (χ1v) is 10.2. The second-order valence-electron chi connectivity index (χ2n) is 7.56. The van der Waals surface area contributed by atoms with E-state index in [0.717, 1.165) is 35.7 Å². The van der Waals surface area contributed by atoms with Crippen molar-refractivity contribution >= 4 is 29.1 Å². The molecule has 1 fully saturated rings. The van der Waals surface area contributed by atoms with Gasteiger partial charge in [0.2, 0.25) is 5.91 Å². The first-order valence-electron chi connectivity index (χ1n) is 9.84. The molecule has 1 amide bonds. The zero-order valence-electron chi connectivity index (χ0n) is 16.1. The maximum Gasteiger partial charge on any atom is 0.226 e. The van der Waals surface area contributed by atoms with E-state index in [2.05, 4.69) is 25.5 Å².